The van der Waals surface area contributed by atoms with E-state index in [9.17, 15) is 4.79 Å². The van der Waals surface area contributed by atoms with Crippen molar-refractivity contribution in [3.63, 3.8) is 0 Å². The van der Waals surface area contributed by atoms with Gasteiger partial charge in [0.05, 0.1) is 23.0 Å². The van der Waals surface area contributed by atoms with Gasteiger partial charge in [0.25, 0.3) is 0 Å². The number of rotatable bonds is 6. The predicted molar refractivity (Wildman–Crippen MR) is 137 cm³/mol. The minimum Gasteiger partial charge on any atom is -0.447 e. The lowest BCUT2D eigenvalue weighted by atomic mass is 9.92. The van der Waals surface area contributed by atoms with Crippen LogP contribution in [-0.2, 0) is 4.74 Å². The van der Waals surface area contributed by atoms with Crippen LogP contribution in [0.3, 0.4) is 0 Å². The first kappa shape index (κ1) is 22.7. The lowest BCUT2D eigenvalue weighted by Gasteiger charge is -2.30. The molecule has 1 saturated carbocycles. The van der Waals surface area contributed by atoms with E-state index in [2.05, 4.69) is 25.9 Å². The average Bonchev–Trinajstić information content (AvgIpc) is 3.06. The Kier molecular flexibility index (Phi) is 6.03. The molecule has 0 atom stereocenters. The van der Waals surface area contributed by atoms with Crippen LogP contribution >= 0.6 is 0 Å². The molecule has 2 heterocycles. The van der Waals surface area contributed by atoms with Crippen LogP contribution in [0.1, 0.15) is 44.7 Å². The SMILES string of the molecule is Cc1cc(-c2c(N)c3ccc(Oc4ncccn4)cc3n2C2CCC2)ccc1NC(=O)OC(C)C. The zero-order valence-corrected chi connectivity index (χ0v) is 20.1. The first-order chi connectivity index (χ1) is 16.9. The summed E-state index contributed by atoms with van der Waals surface area (Å²) in [6, 6.07) is 14.3. The molecule has 5 rings (SSSR count). The van der Waals surface area contributed by atoms with E-state index in [4.69, 9.17) is 15.2 Å². The fraction of sp³-hybridized carbons (Fsp3) is 0.296. The molecular weight excluding hydrogens is 442 g/mol. The van der Waals surface area contributed by atoms with Crippen molar-refractivity contribution in [2.24, 2.45) is 0 Å². The smallest absolute Gasteiger partial charge is 0.411 e. The molecule has 2 aromatic heterocycles. The highest BCUT2D eigenvalue weighted by molar-refractivity contribution is 6.02. The van der Waals surface area contributed by atoms with E-state index in [1.165, 1.54) is 6.42 Å². The van der Waals surface area contributed by atoms with Gasteiger partial charge in [-0.3, -0.25) is 5.32 Å². The van der Waals surface area contributed by atoms with Crippen molar-refractivity contribution in [3.05, 3.63) is 60.4 Å². The van der Waals surface area contributed by atoms with Crippen LogP contribution in [0.15, 0.2) is 54.9 Å². The molecule has 8 nitrogen and oxygen atoms in total. The molecule has 3 N–H and O–H groups in total. The second-order valence-corrected chi connectivity index (χ2v) is 9.14. The number of carbonyl (C=O) groups excluding carboxylic acids is 1. The molecule has 0 bridgehead atoms. The van der Waals surface area contributed by atoms with Gasteiger partial charge in [0.1, 0.15) is 5.75 Å². The minimum atomic E-state index is -0.464. The molecule has 4 aromatic rings. The lowest BCUT2D eigenvalue weighted by Crippen LogP contribution is -2.19. The van der Waals surface area contributed by atoms with Gasteiger partial charge in [0.2, 0.25) is 0 Å². The molecule has 8 heteroatoms. The average molecular weight is 472 g/mol. The Balaban J connectivity index is 1.55. The molecule has 1 aliphatic carbocycles. The third kappa shape index (κ3) is 4.51. The summed E-state index contributed by atoms with van der Waals surface area (Å²) in [7, 11) is 0. The van der Waals surface area contributed by atoms with Crippen molar-refractivity contribution >= 4 is 28.4 Å². The Bertz CT molecular complexity index is 1380. The summed E-state index contributed by atoms with van der Waals surface area (Å²) in [6.45, 7) is 5.61. The first-order valence-corrected chi connectivity index (χ1v) is 11.9. The molecule has 0 unspecified atom stereocenters. The molecular formula is C27H29N5O3. The number of carbonyl (C=O) groups is 1. The Morgan fingerprint density at radius 3 is 2.57 bits per heavy atom. The van der Waals surface area contributed by atoms with Crippen LogP contribution in [0, 0.1) is 6.92 Å². The van der Waals surface area contributed by atoms with Gasteiger partial charge in [-0.1, -0.05) is 6.07 Å². The van der Waals surface area contributed by atoms with Crippen LogP contribution in [0.5, 0.6) is 11.8 Å². The monoisotopic (exact) mass is 471 g/mol. The Labute approximate surface area is 204 Å². The third-order valence-corrected chi connectivity index (χ3v) is 6.29. The molecule has 180 valence electrons. The van der Waals surface area contributed by atoms with Gasteiger partial charge in [0.15, 0.2) is 0 Å². The Morgan fingerprint density at radius 2 is 1.91 bits per heavy atom. The summed E-state index contributed by atoms with van der Waals surface area (Å²) in [5.74, 6) is 0.660. The van der Waals surface area contributed by atoms with E-state index >= 15 is 0 Å². The maximum absolute atomic E-state index is 12.1. The van der Waals surface area contributed by atoms with Gasteiger partial charge in [0, 0.05) is 41.1 Å². The quantitative estimate of drug-likeness (QED) is 0.334. The van der Waals surface area contributed by atoms with Crippen molar-refractivity contribution in [3.8, 4) is 23.0 Å². The highest BCUT2D eigenvalue weighted by atomic mass is 16.6. The molecule has 1 aliphatic rings. The Morgan fingerprint density at radius 1 is 1.14 bits per heavy atom. The van der Waals surface area contributed by atoms with Gasteiger partial charge < -0.3 is 19.8 Å². The number of nitrogens with zero attached hydrogens (tertiary/aromatic N) is 3. The highest BCUT2D eigenvalue weighted by Crippen LogP contribution is 2.45. The number of fused-ring (bicyclic) bond motifs is 1. The molecule has 0 spiro atoms. The minimum absolute atomic E-state index is 0.185. The molecule has 35 heavy (non-hydrogen) atoms. The Hall–Kier alpha value is -4.07. The summed E-state index contributed by atoms with van der Waals surface area (Å²) < 4.78 is 13.4. The van der Waals surface area contributed by atoms with Crippen molar-refractivity contribution in [2.45, 2.75) is 52.2 Å². The van der Waals surface area contributed by atoms with Crippen LogP contribution in [-0.4, -0.2) is 26.7 Å². The van der Waals surface area contributed by atoms with E-state index < -0.39 is 6.09 Å². The van der Waals surface area contributed by atoms with Gasteiger partial charge >= 0.3 is 12.1 Å². The molecule has 2 aromatic carbocycles. The predicted octanol–water partition coefficient (Wildman–Crippen LogP) is 6.46. The number of benzene rings is 2. The summed E-state index contributed by atoms with van der Waals surface area (Å²) in [4.78, 5) is 20.4. The van der Waals surface area contributed by atoms with Crippen LogP contribution < -0.4 is 15.8 Å². The van der Waals surface area contributed by atoms with Crippen LogP contribution in [0.2, 0.25) is 0 Å². The molecule has 1 amide bonds. The van der Waals surface area contributed by atoms with Crippen LogP contribution in [0.4, 0.5) is 16.2 Å². The number of hydrogen-bond donors (Lipinski definition) is 2. The third-order valence-electron chi connectivity index (χ3n) is 6.29. The maximum Gasteiger partial charge on any atom is 0.411 e. The standard InChI is InChI=1S/C27H29N5O3/c1-16(2)34-27(33)31-22-11-8-18(14-17(22)3)25-24(28)21-10-9-20(35-26-29-12-5-13-30-26)15-23(21)32(25)19-6-4-7-19/h5,8-16,19H,4,6-7,28H2,1-3H3,(H,31,33). The van der Waals surface area contributed by atoms with E-state index in [1.54, 1.807) is 18.5 Å². The molecule has 0 aliphatic heterocycles. The summed E-state index contributed by atoms with van der Waals surface area (Å²) >= 11 is 0. The number of nitrogen functional groups attached to an aromatic ring is 1. The fourth-order valence-corrected chi connectivity index (χ4v) is 4.45. The number of nitrogens with two attached hydrogens (primary N) is 1. The normalized spacial score (nSPS) is 13.6. The van der Waals surface area contributed by atoms with Gasteiger partial charge in [-0.05, 0) is 75.9 Å². The van der Waals surface area contributed by atoms with Crippen molar-refractivity contribution < 1.29 is 14.3 Å². The second-order valence-electron chi connectivity index (χ2n) is 9.14. The molecule has 1 fully saturated rings. The van der Waals surface area contributed by atoms with E-state index in [-0.39, 0.29) is 6.10 Å². The number of ether oxygens (including phenoxy) is 2. The molecule has 0 radical (unpaired) electrons. The zero-order valence-electron chi connectivity index (χ0n) is 20.1. The summed E-state index contributed by atoms with van der Waals surface area (Å²) in [5.41, 5.74) is 12.1. The van der Waals surface area contributed by atoms with Crippen molar-refractivity contribution in [1.82, 2.24) is 14.5 Å². The summed E-state index contributed by atoms with van der Waals surface area (Å²) in [6.07, 6.45) is 6.04. The van der Waals surface area contributed by atoms with E-state index in [0.717, 1.165) is 46.3 Å². The first-order valence-electron chi connectivity index (χ1n) is 11.9. The fourth-order valence-electron chi connectivity index (χ4n) is 4.45. The van der Waals surface area contributed by atoms with Crippen LogP contribution in [0.25, 0.3) is 22.2 Å². The topological polar surface area (TPSA) is 104 Å². The number of amides is 1. The van der Waals surface area contributed by atoms with Gasteiger partial charge in [-0.15, -0.1) is 0 Å². The number of anilines is 2. The largest absolute Gasteiger partial charge is 0.447 e. The van der Waals surface area contributed by atoms with Gasteiger partial charge in [-0.25, -0.2) is 14.8 Å². The number of aryl methyl sites for hydroxylation is 1. The number of nitrogens with one attached hydrogen (secondary N) is 1. The second kappa shape index (κ2) is 9.29. The lowest BCUT2D eigenvalue weighted by molar-refractivity contribution is 0.130. The summed E-state index contributed by atoms with van der Waals surface area (Å²) in [5, 5.41) is 3.80. The molecule has 0 saturated heterocycles. The van der Waals surface area contributed by atoms with E-state index in [0.29, 0.717) is 23.5 Å². The number of aromatic nitrogens is 3. The maximum atomic E-state index is 12.1. The highest BCUT2D eigenvalue weighted by Gasteiger charge is 2.27. The van der Waals surface area contributed by atoms with Crippen molar-refractivity contribution in [1.29, 1.82) is 0 Å². The van der Waals surface area contributed by atoms with E-state index in [1.807, 2.05) is 51.1 Å². The zero-order chi connectivity index (χ0) is 24.5. The number of hydrogen-bond acceptors (Lipinski definition) is 6. The van der Waals surface area contributed by atoms with Crippen molar-refractivity contribution in [2.75, 3.05) is 11.1 Å². The van der Waals surface area contributed by atoms with Gasteiger partial charge in [-0.2, -0.15) is 0 Å².